The number of aryl methyl sites for hydroxylation is 1. The molecule has 2 amide bonds. The van der Waals surface area contributed by atoms with Crippen LogP contribution in [0.25, 0.3) is 11.0 Å². The monoisotopic (exact) mass is 336 g/mol. The summed E-state index contributed by atoms with van der Waals surface area (Å²) in [4.78, 5) is 25.9. The normalized spacial score (nSPS) is 21.1. The third-order valence-electron chi connectivity index (χ3n) is 4.28. The number of hydrogen-bond donors (Lipinski definition) is 1. The Labute approximate surface area is 138 Å². The number of primary amides is 1. The first-order valence-corrected chi connectivity index (χ1v) is 7.62. The molecule has 2 atom stereocenters. The molecule has 0 spiro atoms. The Hall–Kier alpha value is -2.05. The number of carbonyl (C=O) groups excluding carboxylic acids is 2. The number of nitrogens with two attached hydrogens (primary N) is 1. The number of amides is 2. The van der Waals surface area contributed by atoms with Gasteiger partial charge >= 0.3 is 0 Å². The lowest BCUT2D eigenvalue weighted by Crippen LogP contribution is -2.43. The minimum atomic E-state index is -0.691. The Morgan fingerprint density at radius 2 is 2.17 bits per heavy atom. The van der Waals surface area contributed by atoms with Crippen molar-refractivity contribution >= 4 is 34.4 Å². The second kappa shape index (κ2) is 5.86. The van der Waals surface area contributed by atoms with E-state index in [1.165, 1.54) is 4.90 Å². The smallest absolute Gasteiger partial charge is 0.290 e. The van der Waals surface area contributed by atoms with E-state index in [2.05, 4.69) is 0 Å². The predicted octanol–water partition coefficient (Wildman–Crippen LogP) is 2.11. The molecule has 0 saturated carbocycles. The average Bonchev–Trinajstić information content (AvgIpc) is 3.09. The topological polar surface area (TPSA) is 85.8 Å². The van der Waals surface area contributed by atoms with Gasteiger partial charge in [0.05, 0.1) is 6.10 Å². The van der Waals surface area contributed by atoms with Crippen LogP contribution in [-0.4, -0.2) is 42.5 Å². The summed E-state index contributed by atoms with van der Waals surface area (Å²) >= 11 is 5.99. The standard InChI is InChI=1S/C16H17ClN2O4/c1-8-11-5-9(17)3-4-13(11)23-14(8)16(21)19-7-10(22-2)6-12(19)15(18)20/h3-5,10,12H,6-7H2,1-2H3,(H2,18,20)/t10-,12-/m0/s1. The van der Waals surface area contributed by atoms with Crippen LogP contribution in [0.1, 0.15) is 22.5 Å². The molecule has 23 heavy (non-hydrogen) atoms. The molecule has 6 nitrogen and oxygen atoms in total. The lowest BCUT2D eigenvalue weighted by Gasteiger charge is -2.20. The molecule has 1 fully saturated rings. The second-order valence-electron chi connectivity index (χ2n) is 5.67. The third kappa shape index (κ3) is 2.68. The van der Waals surface area contributed by atoms with Crippen LogP contribution >= 0.6 is 11.6 Å². The van der Waals surface area contributed by atoms with E-state index in [-0.39, 0.29) is 17.8 Å². The van der Waals surface area contributed by atoms with E-state index < -0.39 is 11.9 Å². The van der Waals surface area contributed by atoms with E-state index >= 15 is 0 Å². The third-order valence-corrected chi connectivity index (χ3v) is 4.51. The van der Waals surface area contributed by atoms with Crippen molar-refractivity contribution in [2.45, 2.75) is 25.5 Å². The fourth-order valence-corrected chi connectivity index (χ4v) is 3.16. The Balaban J connectivity index is 1.99. The lowest BCUT2D eigenvalue weighted by atomic mass is 10.1. The number of halogens is 1. The number of benzene rings is 1. The minimum absolute atomic E-state index is 0.199. The molecule has 1 aromatic carbocycles. The summed E-state index contributed by atoms with van der Waals surface area (Å²) in [5.74, 6) is -0.710. The van der Waals surface area contributed by atoms with Crippen LogP contribution in [0.15, 0.2) is 22.6 Å². The Morgan fingerprint density at radius 1 is 1.43 bits per heavy atom. The van der Waals surface area contributed by atoms with Crippen LogP contribution in [0.2, 0.25) is 5.02 Å². The quantitative estimate of drug-likeness (QED) is 0.930. The number of furan rings is 1. The van der Waals surface area contributed by atoms with Crippen LogP contribution in [0.4, 0.5) is 0 Å². The van der Waals surface area contributed by atoms with Crippen molar-refractivity contribution in [3.05, 3.63) is 34.5 Å². The van der Waals surface area contributed by atoms with Crippen molar-refractivity contribution in [2.75, 3.05) is 13.7 Å². The molecule has 0 bridgehead atoms. The first kappa shape index (κ1) is 15.8. The summed E-state index contributed by atoms with van der Waals surface area (Å²) in [6.45, 7) is 2.10. The van der Waals surface area contributed by atoms with E-state index in [4.69, 9.17) is 26.5 Å². The number of fused-ring (bicyclic) bond motifs is 1. The number of rotatable bonds is 3. The SMILES string of the molecule is CO[C@H]1C[C@@H](C(N)=O)N(C(=O)c2oc3ccc(Cl)cc3c2C)C1. The maximum Gasteiger partial charge on any atom is 0.290 e. The summed E-state index contributed by atoms with van der Waals surface area (Å²) in [6.07, 6.45) is 0.179. The molecule has 3 rings (SSSR count). The molecule has 2 heterocycles. The van der Waals surface area contributed by atoms with Gasteiger partial charge in [-0.15, -0.1) is 0 Å². The van der Waals surface area contributed by atoms with Crippen LogP contribution in [-0.2, 0) is 9.53 Å². The molecule has 7 heteroatoms. The van der Waals surface area contributed by atoms with Gasteiger partial charge in [0, 0.05) is 36.0 Å². The van der Waals surface area contributed by atoms with Gasteiger partial charge in [-0.3, -0.25) is 9.59 Å². The van der Waals surface area contributed by atoms with Crippen molar-refractivity contribution in [1.29, 1.82) is 0 Å². The highest BCUT2D eigenvalue weighted by Gasteiger charge is 2.40. The molecule has 1 saturated heterocycles. The van der Waals surface area contributed by atoms with E-state index in [9.17, 15) is 9.59 Å². The zero-order valence-electron chi connectivity index (χ0n) is 12.8. The van der Waals surface area contributed by atoms with Gasteiger partial charge in [0.15, 0.2) is 5.76 Å². The summed E-state index contributed by atoms with van der Waals surface area (Å²) in [6, 6.07) is 4.47. The maximum absolute atomic E-state index is 12.8. The van der Waals surface area contributed by atoms with Crippen molar-refractivity contribution < 1.29 is 18.7 Å². The highest BCUT2D eigenvalue weighted by Crippen LogP contribution is 2.30. The van der Waals surface area contributed by atoms with Gasteiger partial charge in [0.2, 0.25) is 5.91 Å². The van der Waals surface area contributed by atoms with Crippen molar-refractivity contribution in [3.63, 3.8) is 0 Å². The highest BCUT2D eigenvalue weighted by atomic mass is 35.5. The number of carbonyl (C=O) groups is 2. The first-order chi connectivity index (χ1) is 10.9. The molecule has 2 aromatic rings. The molecule has 0 unspecified atom stereocenters. The average molecular weight is 337 g/mol. The van der Waals surface area contributed by atoms with Gasteiger partial charge in [-0.2, -0.15) is 0 Å². The molecule has 1 aromatic heterocycles. The minimum Gasteiger partial charge on any atom is -0.451 e. The number of ether oxygens (including phenoxy) is 1. The molecule has 2 N–H and O–H groups in total. The Kier molecular flexibility index (Phi) is 4.04. The zero-order valence-corrected chi connectivity index (χ0v) is 13.6. The van der Waals surface area contributed by atoms with E-state index in [0.717, 1.165) is 5.39 Å². The highest BCUT2D eigenvalue weighted by molar-refractivity contribution is 6.31. The first-order valence-electron chi connectivity index (χ1n) is 7.24. The van der Waals surface area contributed by atoms with E-state index in [1.807, 2.05) is 0 Å². The summed E-state index contributed by atoms with van der Waals surface area (Å²) < 4.78 is 10.9. The zero-order chi connectivity index (χ0) is 16.7. The summed E-state index contributed by atoms with van der Waals surface area (Å²) in [7, 11) is 1.55. The maximum atomic E-state index is 12.8. The molecule has 122 valence electrons. The van der Waals surface area contributed by atoms with Gasteiger partial charge in [0.1, 0.15) is 11.6 Å². The van der Waals surface area contributed by atoms with E-state index in [1.54, 1.807) is 32.2 Å². The predicted molar refractivity (Wildman–Crippen MR) is 85.4 cm³/mol. The molecule has 1 aliphatic rings. The van der Waals surface area contributed by atoms with Crippen molar-refractivity contribution in [3.8, 4) is 0 Å². The molecular weight excluding hydrogens is 320 g/mol. The van der Waals surface area contributed by atoms with Crippen LogP contribution in [0, 0.1) is 6.92 Å². The van der Waals surface area contributed by atoms with Crippen molar-refractivity contribution in [2.24, 2.45) is 5.73 Å². The largest absolute Gasteiger partial charge is 0.451 e. The van der Waals surface area contributed by atoms with Gasteiger partial charge in [-0.05, 0) is 25.1 Å². The fourth-order valence-electron chi connectivity index (χ4n) is 2.99. The molecular formula is C16H17ClN2O4. The summed E-state index contributed by atoms with van der Waals surface area (Å²) in [5, 5.41) is 1.34. The van der Waals surface area contributed by atoms with Crippen LogP contribution in [0.3, 0.4) is 0 Å². The van der Waals surface area contributed by atoms with Crippen LogP contribution < -0.4 is 5.73 Å². The molecule has 0 aliphatic carbocycles. The lowest BCUT2D eigenvalue weighted by molar-refractivity contribution is -0.121. The van der Waals surface area contributed by atoms with E-state index in [0.29, 0.717) is 29.1 Å². The number of methoxy groups -OCH3 is 1. The number of hydrogen-bond acceptors (Lipinski definition) is 4. The van der Waals surface area contributed by atoms with Crippen molar-refractivity contribution in [1.82, 2.24) is 4.90 Å². The fraction of sp³-hybridized carbons (Fsp3) is 0.375. The summed E-state index contributed by atoms with van der Waals surface area (Å²) in [5.41, 5.74) is 6.69. The van der Waals surface area contributed by atoms with Gasteiger partial charge < -0.3 is 19.8 Å². The number of nitrogens with zero attached hydrogens (tertiary/aromatic N) is 1. The Morgan fingerprint density at radius 3 is 2.83 bits per heavy atom. The molecule has 0 radical (unpaired) electrons. The second-order valence-corrected chi connectivity index (χ2v) is 6.10. The number of likely N-dealkylation sites (tertiary alicyclic amines) is 1. The van der Waals surface area contributed by atoms with Gasteiger partial charge in [0.25, 0.3) is 5.91 Å². The molecule has 1 aliphatic heterocycles. The van der Waals surface area contributed by atoms with Crippen LogP contribution in [0.5, 0.6) is 0 Å². The van der Waals surface area contributed by atoms with Gasteiger partial charge in [-0.25, -0.2) is 0 Å². The Bertz CT molecular complexity index is 786. The van der Waals surface area contributed by atoms with Gasteiger partial charge in [-0.1, -0.05) is 11.6 Å².